The lowest BCUT2D eigenvalue weighted by Gasteiger charge is -2.46. The molecule has 2 aliphatic rings. The molecule has 1 heterocycles. The summed E-state index contributed by atoms with van der Waals surface area (Å²) in [4.78, 5) is 14.7. The number of likely N-dealkylation sites (tertiary alicyclic amines) is 1. The molecule has 186 valence electrons. The Hall–Kier alpha value is -1.18. The topological polar surface area (TPSA) is 73.8 Å². The van der Waals surface area contributed by atoms with Crippen LogP contribution in [0.3, 0.4) is 0 Å². The van der Waals surface area contributed by atoms with Gasteiger partial charge in [0.25, 0.3) is 0 Å². The highest BCUT2D eigenvalue weighted by molar-refractivity contribution is 6.30. The highest BCUT2D eigenvalue weighted by Gasteiger charge is 2.42. The average molecular weight is 480 g/mol. The highest BCUT2D eigenvalue weighted by atomic mass is 35.5. The molecule has 6 nitrogen and oxygen atoms in total. The fraction of sp³-hybridized carbons (Fsp3) is 0.731. The number of hydrogen-bond donors (Lipinski definition) is 3. The molecule has 1 saturated heterocycles. The lowest BCUT2D eigenvalue weighted by Crippen LogP contribution is -2.55. The quantitative estimate of drug-likeness (QED) is 0.452. The van der Waals surface area contributed by atoms with E-state index in [0.717, 1.165) is 44.0 Å². The molecule has 2 fully saturated rings. The molecule has 3 N–H and O–H groups in total. The Kier molecular flexibility index (Phi) is 10.5. The standard InChI is InChI=1S/C26H42ClN3O3/c1-28-16-24(14-20-8-4-3-5-9-20)30-13-7-11-22(17-30)26(32,19-29-25(31)18-33-2)21-10-6-12-23(27)15-21/h6,10,12,15,20,22,24,28,32H,3-5,7-9,11,13-14,16-19H2,1-2H3,(H,29,31). The molecule has 3 unspecified atom stereocenters. The van der Waals surface area contributed by atoms with Crippen molar-refractivity contribution >= 4 is 17.5 Å². The first kappa shape index (κ1) is 26.4. The van der Waals surface area contributed by atoms with Crippen molar-refractivity contribution in [3.63, 3.8) is 0 Å². The monoisotopic (exact) mass is 479 g/mol. The van der Waals surface area contributed by atoms with Crippen molar-refractivity contribution in [2.75, 3.05) is 46.9 Å². The van der Waals surface area contributed by atoms with E-state index in [9.17, 15) is 9.90 Å². The number of carbonyl (C=O) groups is 1. The summed E-state index contributed by atoms with van der Waals surface area (Å²) in [6.45, 7) is 2.95. The minimum absolute atomic E-state index is 0.00160. The van der Waals surface area contributed by atoms with Gasteiger partial charge in [0.1, 0.15) is 12.2 Å². The second-order valence-corrected chi connectivity index (χ2v) is 10.4. The van der Waals surface area contributed by atoms with Crippen LogP contribution in [0, 0.1) is 11.8 Å². The van der Waals surface area contributed by atoms with E-state index in [1.54, 1.807) is 0 Å². The van der Waals surface area contributed by atoms with E-state index in [0.29, 0.717) is 11.1 Å². The van der Waals surface area contributed by atoms with Crippen LogP contribution in [0.5, 0.6) is 0 Å². The van der Waals surface area contributed by atoms with Crippen molar-refractivity contribution in [1.29, 1.82) is 0 Å². The van der Waals surface area contributed by atoms with Gasteiger partial charge in [0.05, 0.1) is 6.54 Å². The van der Waals surface area contributed by atoms with Gasteiger partial charge in [-0.3, -0.25) is 9.69 Å². The number of carbonyl (C=O) groups excluding carboxylic acids is 1. The number of aliphatic hydroxyl groups is 1. The summed E-state index contributed by atoms with van der Waals surface area (Å²) in [5, 5.41) is 18.9. The minimum Gasteiger partial charge on any atom is -0.383 e. The molecule has 33 heavy (non-hydrogen) atoms. The van der Waals surface area contributed by atoms with Gasteiger partial charge < -0.3 is 20.5 Å². The lowest BCUT2D eigenvalue weighted by atomic mass is 9.76. The number of rotatable bonds is 11. The predicted molar refractivity (Wildman–Crippen MR) is 133 cm³/mol. The molecular weight excluding hydrogens is 438 g/mol. The molecule has 3 atom stereocenters. The third-order valence-corrected chi connectivity index (χ3v) is 7.80. The van der Waals surface area contributed by atoms with Crippen LogP contribution in [0.15, 0.2) is 24.3 Å². The van der Waals surface area contributed by atoms with Crippen molar-refractivity contribution < 1.29 is 14.6 Å². The van der Waals surface area contributed by atoms with Gasteiger partial charge in [-0.15, -0.1) is 0 Å². The van der Waals surface area contributed by atoms with Gasteiger partial charge in [0.15, 0.2) is 0 Å². The van der Waals surface area contributed by atoms with Gasteiger partial charge in [0, 0.05) is 37.2 Å². The number of methoxy groups -OCH3 is 1. The first-order chi connectivity index (χ1) is 16.0. The molecule has 7 heteroatoms. The molecule has 1 aromatic rings. The maximum atomic E-state index is 12.2. The first-order valence-electron chi connectivity index (χ1n) is 12.6. The van der Waals surface area contributed by atoms with Crippen LogP contribution < -0.4 is 10.6 Å². The summed E-state index contributed by atoms with van der Waals surface area (Å²) in [6.07, 6.45) is 9.93. The van der Waals surface area contributed by atoms with Gasteiger partial charge in [-0.2, -0.15) is 0 Å². The Labute approximate surface area is 204 Å². The number of ether oxygens (including phenoxy) is 1. The summed E-state index contributed by atoms with van der Waals surface area (Å²) < 4.78 is 4.96. The van der Waals surface area contributed by atoms with E-state index in [4.69, 9.17) is 16.3 Å². The Morgan fingerprint density at radius 2 is 2.06 bits per heavy atom. The zero-order valence-electron chi connectivity index (χ0n) is 20.3. The van der Waals surface area contributed by atoms with Crippen molar-refractivity contribution in [2.45, 2.75) is 63.0 Å². The van der Waals surface area contributed by atoms with Gasteiger partial charge in [-0.25, -0.2) is 0 Å². The number of benzene rings is 1. The number of nitrogens with zero attached hydrogens (tertiary/aromatic N) is 1. The molecule has 1 aliphatic heterocycles. The van der Waals surface area contributed by atoms with Crippen LogP contribution in [0.2, 0.25) is 5.02 Å². The second-order valence-electron chi connectivity index (χ2n) is 9.93. The van der Waals surface area contributed by atoms with E-state index in [1.165, 1.54) is 45.6 Å². The third kappa shape index (κ3) is 7.40. The highest BCUT2D eigenvalue weighted by Crippen LogP contribution is 2.38. The largest absolute Gasteiger partial charge is 0.383 e. The Morgan fingerprint density at radius 3 is 2.76 bits per heavy atom. The summed E-state index contributed by atoms with van der Waals surface area (Å²) in [6, 6.07) is 7.89. The summed E-state index contributed by atoms with van der Waals surface area (Å²) in [5.41, 5.74) is -0.431. The van der Waals surface area contributed by atoms with Crippen LogP contribution in [0.1, 0.15) is 56.9 Å². The summed E-state index contributed by atoms with van der Waals surface area (Å²) in [5.74, 6) is 0.576. The summed E-state index contributed by atoms with van der Waals surface area (Å²) >= 11 is 6.29. The van der Waals surface area contributed by atoms with Gasteiger partial charge in [0.2, 0.25) is 5.91 Å². The molecular formula is C26H42ClN3O3. The van der Waals surface area contributed by atoms with Gasteiger partial charge in [-0.1, -0.05) is 55.8 Å². The summed E-state index contributed by atoms with van der Waals surface area (Å²) in [7, 11) is 3.53. The predicted octanol–water partition coefficient (Wildman–Crippen LogP) is 3.56. The van der Waals surface area contributed by atoms with E-state index >= 15 is 0 Å². The zero-order chi connectivity index (χ0) is 23.7. The van der Waals surface area contributed by atoms with Crippen molar-refractivity contribution in [2.24, 2.45) is 11.8 Å². The van der Waals surface area contributed by atoms with E-state index < -0.39 is 5.60 Å². The maximum Gasteiger partial charge on any atom is 0.246 e. The molecule has 1 aromatic carbocycles. The fourth-order valence-electron chi connectivity index (χ4n) is 5.79. The minimum atomic E-state index is -1.19. The van der Waals surface area contributed by atoms with Gasteiger partial charge in [-0.05, 0) is 56.5 Å². The first-order valence-corrected chi connectivity index (χ1v) is 13.0. The van der Waals surface area contributed by atoms with Crippen molar-refractivity contribution in [3.05, 3.63) is 34.9 Å². The van der Waals surface area contributed by atoms with Crippen LogP contribution >= 0.6 is 11.6 Å². The van der Waals surface area contributed by atoms with E-state index in [1.807, 2.05) is 31.3 Å². The van der Waals surface area contributed by atoms with Crippen molar-refractivity contribution in [1.82, 2.24) is 15.5 Å². The Morgan fingerprint density at radius 1 is 1.27 bits per heavy atom. The van der Waals surface area contributed by atoms with E-state index in [-0.39, 0.29) is 25.0 Å². The lowest BCUT2D eigenvalue weighted by molar-refractivity contribution is -0.127. The number of halogens is 1. The smallest absolute Gasteiger partial charge is 0.246 e. The van der Waals surface area contributed by atoms with Crippen LogP contribution in [0.4, 0.5) is 0 Å². The van der Waals surface area contributed by atoms with Crippen LogP contribution in [-0.2, 0) is 15.1 Å². The molecule has 0 bridgehead atoms. The van der Waals surface area contributed by atoms with Crippen molar-refractivity contribution in [3.8, 4) is 0 Å². The molecule has 1 saturated carbocycles. The Bertz CT molecular complexity index is 743. The van der Waals surface area contributed by atoms with Crippen LogP contribution in [0.25, 0.3) is 0 Å². The zero-order valence-corrected chi connectivity index (χ0v) is 21.1. The normalized spacial score (nSPS) is 23.1. The number of hydrogen-bond acceptors (Lipinski definition) is 5. The Balaban J connectivity index is 1.78. The molecule has 0 radical (unpaired) electrons. The molecule has 0 aromatic heterocycles. The third-order valence-electron chi connectivity index (χ3n) is 7.57. The number of piperidine rings is 1. The molecule has 0 spiro atoms. The second kappa shape index (κ2) is 13.1. The number of amides is 1. The molecule has 3 rings (SSSR count). The SMILES string of the molecule is CNCC(CC1CCCCC1)N1CCCC(C(O)(CNC(=O)COC)c2cccc(Cl)c2)C1. The van der Waals surface area contributed by atoms with E-state index in [2.05, 4.69) is 15.5 Å². The molecule has 1 amide bonds. The number of nitrogens with one attached hydrogen (secondary N) is 2. The van der Waals surface area contributed by atoms with Gasteiger partial charge >= 0.3 is 0 Å². The number of likely N-dealkylation sites (N-methyl/N-ethyl adjacent to an activating group) is 1. The average Bonchev–Trinajstić information content (AvgIpc) is 2.83. The fourth-order valence-corrected chi connectivity index (χ4v) is 5.98. The molecule has 1 aliphatic carbocycles. The van der Waals surface area contributed by atoms with Crippen LogP contribution in [-0.4, -0.2) is 68.9 Å². The maximum absolute atomic E-state index is 12.2.